The molecule has 0 saturated carbocycles. The molecule has 0 spiro atoms. The molecule has 0 saturated heterocycles. The lowest BCUT2D eigenvalue weighted by Gasteiger charge is -2.20. The summed E-state index contributed by atoms with van der Waals surface area (Å²) in [6.45, 7) is 6.52. The second kappa shape index (κ2) is 8.79. The summed E-state index contributed by atoms with van der Waals surface area (Å²) < 4.78 is 5.15. The molecular weight excluding hydrogens is 324 g/mol. The molecule has 0 radical (unpaired) electrons. The van der Waals surface area contributed by atoms with Crippen molar-refractivity contribution in [1.82, 2.24) is 0 Å². The maximum absolute atomic E-state index is 13.1. The molecule has 0 amide bonds. The molecule has 2 aromatic rings. The first-order chi connectivity index (χ1) is 12.3. The molecule has 0 N–H and O–H groups in total. The normalized spacial score (nSPS) is 12.5. The maximum atomic E-state index is 13.1. The van der Waals surface area contributed by atoms with Crippen molar-refractivity contribution in [3.05, 3.63) is 65.7 Å². The molecule has 2 rings (SSSR count). The predicted octanol–water partition coefficient (Wildman–Crippen LogP) is 5.59. The molecular formula is C23H28O3. The van der Waals surface area contributed by atoms with Crippen LogP contribution in [-0.2, 0) is 0 Å². The van der Waals surface area contributed by atoms with E-state index >= 15 is 0 Å². The maximum Gasteiger partial charge on any atom is 0.173 e. The average molecular weight is 352 g/mol. The molecule has 0 bridgehead atoms. The van der Waals surface area contributed by atoms with E-state index in [0.717, 1.165) is 12.8 Å². The van der Waals surface area contributed by atoms with E-state index in [9.17, 15) is 9.59 Å². The van der Waals surface area contributed by atoms with Gasteiger partial charge >= 0.3 is 0 Å². The molecule has 1 atom stereocenters. The Labute approximate surface area is 156 Å². The number of ketones is 2. The third-order valence-corrected chi connectivity index (χ3v) is 4.49. The summed E-state index contributed by atoms with van der Waals surface area (Å²) in [6, 6.07) is 16.1. The first kappa shape index (κ1) is 19.9. The van der Waals surface area contributed by atoms with Crippen molar-refractivity contribution in [2.24, 2.45) is 11.3 Å². The lowest BCUT2D eigenvalue weighted by atomic mass is 9.83. The molecule has 138 valence electrons. The summed E-state index contributed by atoms with van der Waals surface area (Å²) in [5.41, 5.74) is 1.33. The standard InChI is InChI=1S/C23H28O3/c1-23(2,3)16-8-11-20(21(24)17-9-6-5-7-10-17)22(25)18-12-14-19(26-4)15-13-18/h5-7,9-10,12-15,20H,8,11,16H2,1-4H3. The van der Waals surface area contributed by atoms with E-state index < -0.39 is 5.92 Å². The van der Waals surface area contributed by atoms with E-state index in [2.05, 4.69) is 20.8 Å². The molecule has 3 heteroatoms. The van der Waals surface area contributed by atoms with Gasteiger partial charge in [-0.25, -0.2) is 0 Å². The van der Waals surface area contributed by atoms with Crippen LogP contribution in [0.4, 0.5) is 0 Å². The zero-order valence-corrected chi connectivity index (χ0v) is 16.1. The zero-order chi connectivity index (χ0) is 19.2. The van der Waals surface area contributed by atoms with Gasteiger partial charge in [-0.1, -0.05) is 57.5 Å². The molecule has 0 aliphatic heterocycles. The van der Waals surface area contributed by atoms with Gasteiger partial charge in [0.25, 0.3) is 0 Å². The summed E-state index contributed by atoms with van der Waals surface area (Å²) in [6.07, 6.45) is 2.38. The van der Waals surface area contributed by atoms with Crippen molar-refractivity contribution in [1.29, 1.82) is 0 Å². The summed E-state index contributed by atoms with van der Waals surface area (Å²) in [4.78, 5) is 26.0. The van der Waals surface area contributed by atoms with Crippen molar-refractivity contribution >= 4 is 11.6 Å². The number of hydrogen-bond donors (Lipinski definition) is 0. The third-order valence-electron chi connectivity index (χ3n) is 4.49. The molecule has 1 unspecified atom stereocenters. The first-order valence-corrected chi connectivity index (χ1v) is 9.09. The Morgan fingerprint density at radius 1 is 0.885 bits per heavy atom. The summed E-state index contributed by atoms with van der Waals surface area (Å²) >= 11 is 0. The highest BCUT2D eigenvalue weighted by molar-refractivity contribution is 6.16. The second-order valence-electron chi connectivity index (χ2n) is 7.83. The van der Waals surface area contributed by atoms with E-state index in [-0.39, 0.29) is 17.0 Å². The largest absolute Gasteiger partial charge is 0.497 e. The Kier molecular flexibility index (Phi) is 6.73. The van der Waals surface area contributed by atoms with Gasteiger partial charge in [-0.3, -0.25) is 9.59 Å². The van der Waals surface area contributed by atoms with Gasteiger partial charge in [0.2, 0.25) is 0 Å². The molecule has 26 heavy (non-hydrogen) atoms. The first-order valence-electron chi connectivity index (χ1n) is 9.09. The van der Waals surface area contributed by atoms with Crippen molar-refractivity contribution in [3.63, 3.8) is 0 Å². The van der Waals surface area contributed by atoms with Crippen molar-refractivity contribution in [2.75, 3.05) is 7.11 Å². The van der Waals surface area contributed by atoms with E-state index in [1.165, 1.54) is 0 Å². The van der Waals surface area contributed by atoms with Crippen LogP contribution >= 0.6 is 0 Å². The van der Waals surface area contributed by atoms with Crippen LogP contribution in [0.5, 0.6) is 5.75 Å². The molecule has 0 fully saturated rings. The fraction of sp³-hybridized carbons (Fsp3) is 0.391. The van der Waals surface area contributed by atoms with Crippen molar-refractivity contribution in [3.8, 4) is 5.75 Å². The minimum atomic E-state index is -0.645. The van der Waals surface area contributed by atoms with Crippen LogP contribution in [0.2, 0.25) is 0 Å². The minimum Gasteiger partial charge on any atom is -0.497 e. The lowest BCUT2D eigenvalue weighted by molar-refractivity contribution is 0.0794. The molecule has 3 nitrogen and oxygen atoms in total. The van der Waals surface area contributed by atoms with Crippen LogP contribution in [0.3, 0.4) is 0 Å². The second-order valence-corrected chi connectivity index (χ2v) is 7.83. The lowest BCUT2D eigenvalue weighted by Crippen LogP contribution is -2.25. The van der Waals surface area contributed by atoms with Crippen LogP contribution in [0.1, 0.15) is 60.7 Å². The van der Waals surface area contributed by atoms with Gasteiger partial charge in [-0.2, -0.15) is 0 Å². The van der Waals surface area contributed by atoms with Crippen LogP contribution in [0, 0.1) is 11.3 Å². The number of carbonyl (C=O) groups is 2. The highest BCUT2D eigenvalue weighted by atomic mass is 16.5. The monoisotopic (exact) mass is 352 g/mol. The molecule has 0 aliphatic rings. The quantitative estimate of drug-likeness (QED) is 0.459. The van der Waals surface area contributed by atoms with Gasteiger partial charge in [0.1, 0.15) is 5.75 Å². The minimum absolute atomic E-state index is 0.0969. The summed E-state index contributed by atoms with van der Waals surface area (Å²) in [5, 5.41) is 0. The Morgan fingerprint density at radius 3 is 1.92 bits per heavy atom. The van der Waals surface area contributed by atoms with Gasteiger partial charge in [0.05, 0.1) is 13.0 Å². The number of methoxy groups -OCH3 is 1. The summed E-state index contributed by atoms with van der Waals surface area (Å²) in [5.74, 6) is -0.163. The highest BCUT2D eigenvalue weighted by Crippen LogP contribution is 2.27. The van der Waals surface area contributed by atoms with Crippen molar-refractivity contribution < 1.29 is 14.3 Å². The number of Topliss-reactive ketones (excluding diaryl/α,β-unsaturated/α-hetero) is 2. The number of benzene rings is 2. The highest BCUT2D eigenvalue weighted by Gasteiger charge is 2.28. The fourth-order valence-corrected chi connectivity index (χ4v) is 2.98. The van der Waals surface area contributed by atoms with E-state index in [0.29, 0.717) is 23.3 Å². The van der Waals surface area contributed by atoms with Crippen LogP contribution < -0.4 is 4.74 Å². The Hall–Kier alpha value is -2.42. The fourth-order valence-electron chi connectivity index (χ4n) is 2.98. The zero-order valence-electron chi connectivity index (χ0n) is 16.1. The summed E-state index contributed by atoms with van der Waals surface area (Å²) in [7, 11) is 1.59. The number of rotatable bonds is 8. The topological polar surface area (TPSA) is 43.4 Å². The smallest absolute Gasteiger partial charge is 0.173 e. The Bertz CT molecular complexity index is 724. The molecule has 0 aliphatic carbocycles. The molecule has 0 heterocycles. The average Bonchev–Trinajstić information content (AvgIpc) is 2.64. The van der Waals surface area contributed by atoms with E-state index in [1.54, 1.807) is 43.5 Å². The SMILES string of the molecule is COc1ccc(C(=O)C(CCCC(C)(C)C)C(=O)c2ccccc2)cc1. The number of hydrogen-bond acceptors (Lipinski definition) is 3. The Morgan fingerprint density at radius 2 is 1.42 bits per heavy atom. The third kappa shape index (κ3) is 5.55. The van der Waals surface area contributed by atoms with Crippen LogP contribution in [0.25, 0.3) is 0 Å². The van der Waals surface area contributed by atoms with E-state index in [4.69, 9.17) is 4.74 Å². The molecule has 2 aromatic carbocycles. The predicted molar refractivity (Wildman–Crippen MR) is 105 cm³/mol. The van der Waals surface area contributed by atoms with E-state index in [1.807, 2.05) is 18.2 Å². The van der Waals surface area contributed by atoms with Crippen LogP contribution in [-0.4, -0.2) is 18.7 Å². The van der Waals surface area contributed by atoms with Gasteiger partial charge in [-0.05, 0) is 42.5 Å². The van der Waals surface area contributed by atoms with Gasteiger partial charge in [0, 0.05) is 11.1 Å². The van der Waals surface area contributed by atoms with Gasteiger partial charge in [0.15, 0.2) is 11.6 Å². The number of ether oxygens (including phenoxy) is 1. The number of carbonyl (C=O) groups excluding carboxylic acids is 2. The van der Waals surface area contributed by atoms with Gasteiger partial charge in [-0.15, -0.1) is 0 Å². The van der Waals surface area contributed by atoms with Crippen molar-refractivity contribution in [2.45, 2.75) is 40.0 Å². The van der Waals surface area contributed by atoms with Crippen LogP contribution in [0.15, 0.2) is 54.6 Å². The van der Waals surface area contributed by atoms with Gasteiger partial charge < -0.3 is 4.74 Å². The Balaban J connectivity index is 2.23. The molecule has 0 aromatic heterocycles.